The van der Waals surface area contributed by atoms with Crippen LogP contribution in [0.5, 0.6) is 11.5 Å². The Balaban J connectivity index is 2.57. The van der Waals surface area contributed by atoms with E-state index in [-0.39, 0.29) is 17.2 Å². The van der Waals surface area contributed by atoms with Crippen molar-refractivity contribution in [2.45, 2.75) is 5.16 Å². The van der Waals surface area contributed by atoms with Gasteiger partial charge in [0, 0.05) is 30.1 Å². The Morgan fingerprint density at radius 3 is 2.21 bits per heavy atom. The van der Waals surface area contributed by atoms with Gasteiger partial charge in [-0.25, -0.2) is 8.42 Å². The Bertz CT molecular complexity index is 899. The Hall–Kier alpha value is -3.06. The number of sulfone groups is 1. The predicted octanol–water partition coefficient (Wildman–Crippen LogP) is 1.09. The number of rotatable bonds is 5. The van der Waals surface area contributed by atoms with E-state index in [1.165, 1.54) is 14.2 Å². The molecular formula is C14H15N5O4S. The summed E-state index contributed by atoms with van der Waals surface area (Å²) < 4.78 is 33.6. The minimum atomic E-state index is -3.69. The fourth-order valence-corrected chi connectivity index (χ4v) is 2.36. The maximum absolute atomic E-state index is 11.7. The number of nitrogens with zero attached hydrogens (tertiary/aromatic N) is 3. The summed E-state index contributed by atoms with van der Waals surface area (Å²) in [6, 6.07) is 6.76. The molecule has 0 bridgehead atoms. The number of nitriles is 1. The molecule has 0 atom stereocenters. The number of methoxy groups -OCH3 is 2. The Morgan fingerprint density at radius 1 is 1.17 bits per heavy atom. The molecule has 0 unspecified atom stereocenters. The summed E-state index contributed by atoms with van der Waals surface area (Å²) in [7, 11) is -0.712. The summed E-state index contributed by atoms with van der Waals surface area (Å²) in [4.78, 5) is 7.54. The van der Waals surface area contributed by atoms with Crippen LogP contribution in [0.3, 0.4) is 0 Å². The highest BCUT2D eigenvalue weighted by atomic mass is 32.2. The highest BCUT2D eigenvalue weighted by molar-refractivity contribution is 7.90. The lowest BCUT2D eigenvalue weighted by Gasteiger charge is -2.12. The zero-order valence-corrected chi connectivity index (χ0v) is 14.0. The smallest absolute Gasteiger partial charge is 0.250 e. The molecule has 0 spiro atoms. The first-order valence-corrected chi connectivity index (χ1v) is 8.45. The van der Waals surface area contributed by atoms with E-state index in [1.807, 2.05) is 6.07 Å². The molecule has 0 saturated heterocycles. The molecule has 3 N–H and O–H groups in total. The second-order valence-corrected chi connectivity index (χ2v) is 6.63. The maximum atomic E-state index is 11.7. The number of hydrogen-bond acceptors (Lipinski definition) is 9. The van der Waals surface area contributed by atoms with Gasteiger partial charge in [0.15, 0.2) is 5.82 Å². The van der Waals surface area contributed by atoms with Crippen LogP contribution in [-0.4, -0.2) is 38.9 Å². The average molecular weight is 349 g/mol. The van der Waals surface area contributed by atoms with Gasteiger partial charge in [0.1, 0.15) is 28.9 Å². The largest absolute Gasteiger partial charge is 0.497 e. The molecule has 9 nitrogen and oxygen atoms in total. The minimum absolute atomic E-state index is 0.0271. The van der Waals surface area contributed by atoms with Crippen molar-refractivity contribution in [1.29, 1.82) is 5.26 Å². The fourth-order valence-electron chi connectivity index (χ4n) is 1.84. The van der Waals surface area contributed by atoms with Crippen LogP contribution in [0, 0.1) is 11.3 Å². The zero-order valence-electron chi connectivity index (χ0n) is 13.2. The first-order chi connectivity index (χ1) is 11.3. The zero-order chi connectivity index (χ0) is 17.9. The van der Waals surface area contributed by atoms with Gasteiger partial charge in [-0.15, -0.1) is 0 Å². The summed E-state index contributed by atoms with van der Waals surface area (Å²) in [6.07, 6.45) is 0.951. The topological polar surface area (TPSA) is 140 Å². The molecule has 0 aliphatic rings. The first-order valence-electron chi connectivity index (χ1n) is 6.56. The van der Waals surface area contributed by atoms with E-state index in [9.17, 15) is 13.7 Å². The number of anilines is 3. The van der Waals surface area contributed by atoms with Gasteiger partial charge in [0.25, 0.3) is 5.16 Å². The number of nitrogens with two attached hydrogens (primary N) is 1. The summed E-state index contributed by atoms with van der Waals surface area (Å²) in [5.74, 6) is 0.743. The molecule has 0 saturated carbocycles. The molecule has 2 aromatic rings. The van der Waals surface area contributed by atoms with E-state index in [0.29, 0.717) is 17.2 Å². The molecule has 1 heterocycles. The van der Waals surface area contributed by atoms with Crippen molar-refractivity contribution in [3.05, 3.63) is 23.8 Å². The first kappa shape index (κ1) is 17.3. The summed E-state index contributed by atoms with van der Waals surface area (Å²) in [6.45, 7) is 0. The van der Waals surface area contributed by atoms with Crippen molar-refractivity contribution in [3.63, 3.8) is 0 Å². The number of nitrogens with one attached hydrogen (secondary N) is 1. The number of hydrogen-bond donors (Lipinski definition) is 2. The fraction of sp³-hybridized carbons (Fsp3) is 0.214. The van der Waals surface area contributed by atoms with Crippen LogP contribution in [0.15, 0.2) is 23.4 Å². The Morgan fingerprint density at radius 2 is 1.75 bits per heavy atom. The van der Waals surface area contributed by atoms with Gasteiger partial charge in [0.2, 0.25) is 9.84 Å². The average Bonchev–Trinajstić information content (AvgIpc) is 2.53. The minimum Gasteiger partial charge on any atom is -0.497 e. The van der Waals surface area contributed by atoms with Crippen LogP contribution in [0.25, 0.3) is 0 Å². The Labute approximate surface area is 139 Å². The molecule has 2 rings (SSSR count). The van der Waals surface area contributed by atoms with Crippen molar-refractivity contribution in [3.8, 4) is 17.6 Å². The molecule has 1 aromatic carbocycles. The standard InChI is InChI=1S/C14H15N5O4S/c1-22-9-4-8(5-10(6-9)23-2)17-13-11(7-15)12(16)18-14(19-13)24(3,20)21/h4-6H,1-3H3,(H3,16,17,18,19). The lowest BCUT2D eigenvalue weighted by Crippen LogP contribution is -2.11. The normalized spacial score (nSPS) is 10.8. The van der Waals surface area contributed by atoms with Gasteiger partial charge < -0.3 is 20.5 Å². The van der Waals surface area contributed by atoms with Crippen LogP contribution in [-0.2, 0) is 9.84 Å². The van der Waals surface area contributed by atoms with E-state index in [2.05, 4.69) is 15.3 Å². The highest BCUT2D eigenvalue weighted by Crippen LogP contribution is 2.29. The van der Waals surface area contributed by atoms with Crippen LogP contribution < -0.4 is 20.5 Å². The van der Waals surface area contributed by atoms with E-state index in [0.717, 1.165) is 6.26 Å². The molecule has 0 aliphatic carbocycles. The quantitative estimate of drug-likeness (QED) is 0.759. The summed E-state index contributed by atoms with van der Waals surface area (Å²) >= 11 is 0. The van der Waals surface area contributed by atoms with Crippen molar-refractivity contribution in [2.75, 3.05) is 31.5 Å². The van der Waals surface area contributed by atoms with E-state index in [1.54, 1.807) is 18.2 Å². The van der Waals surface area contributed by atoms with Crippen LogP contribution in [0.2, 0.25) is 0 Å². The molecule has 24 heavy (non-hydrogen) atoms. The number of benzene rings is 1. The van der Waals surface area contributed by atoms with E-state index >= 15 is 0 Å². The predicted molar refractivity (Wildman–Crippen MR) is 87.1 cm³/mol. The number of aromatic nitrogens is 2. The third kappa shape index (κ3) is 3.64. The second kappa shape index (κ2) is 6.59. The monoisotopic (exact) mass is 349 g/mol. The van der Waals surface area contributed by atoms with Gasteiger partial charge in [-0.05, 0) is 0 Å². The molecule has 0 fully saturated rings. The second-order valence-electron chi connectivity index (χ2n) is 4.73. The lowest BCUT2D eigenvalue weighted by molar-refractivity contribution is 0.395. The molecule has 126 valence electrons. The third-order valence-corrected chi connectivity index (χ3v) is 3.82. The number of nitrogen functional groups attached to an aromatic ring is 1. The van der Waals surface area contributed by atoms with Gasteiger partial charge in [-0.3, -0.25) is 0 Å². The van der Waals surface area contributed by atoms with Gasteiger partial charge >= 0.3 is 0 Å². The summed E-state index contributed by atoms with van der Waals surface area (Å²) in [5.41, 5.74) is 6.07. The SMILES string of the molecule is COc1cc(Nc2nc(S(C)(=O)=O)nc(N)c2C#N)cc(OC)c1. The van der Waals surface area contributed by atoms with Gasteiger partial charge in [-0.2, -0.15) is 15.2 Å². The molecule has 0 amide bonds. The van der Waals surface area contributed by atoms with Gasteiger partial charge in [0.05, 0.1) is 14.2 Å². The molecule has 1 aromatic heterocycles. The van der Waals surface area contributed by atoms with Crippen LogP contribution >= 0.6 is 0 Å². The van der Waals surface area contributed by atoms with Crippen molar-refractivity contribution < 1.29 is 17.9 Å². The van der Waals surface area contributed by atoms with Crippen LogP contribution in [0.1, 0.15) is 5.56 Å². The van der Waals surface area contributed by atoms with Crippen LogP contribution in [0.4, 0.5) is 17.3 Å². The highest BCUT2D eigenvalue weighted by Gasteiger charge is 2.19. The number of ether oxygens (including phenoxy) is 2. The third-order valence-electron chi connectivity index (χ3n) is 2.97. The lowest BCUT2D eigenvalue weighted by atomic mass is 10.2. The van der Waals surface area contributed by atoms with E-state index < -0.39 is 15.0 Å². The maximum Gasteiger partial charge on any atom is 0.250 e. The molecule has 0 radical (unpaired) electrons. The molecule has 0 aliphatic heterocycles. The van der Waals surface area contributed by atoms with Crippen molar-refractivity contribution in [1.82, 2.24) is 9.97 Å². The Kier molecular flexibility index (Phi) is 4.75. The van der Waals surface area contributed by atoms with E-state index in [4.69, 9.17) is 15.2 Å². The van der Waals surface area contributed by atoms with Gasteiger partial charge in [-0.1, -0.05) is 0 Å². The molecular weight excluding hydrogens is 334 g/mol. The van der Waals surface area contributed by atoms with Crippen molar-refractivity contribution >= 4 is 27.2 Å². The summed E-state index contributed by atoms with van der Waals surface area (Å²) in [5, 5.41) is 11.6. The molecule has 10 heteroatoms. The van der Waals surface area contributed by atoms with Crippen molar-refractivity contribution in [2.24, 2.45) is 0 Å².